The number of pyridine rings is 1. The normalized spacial score (nSPS) is 15.5. The molecule has 0 saturated carbocycles. The Bertz CT molecular complexity index is 1020. The van der Waals surface area contributed by atoms with Gasteiger partial charge < -0.3 is 14.2 Å². The maximum atomic E-state index is 12.4. The Kier molecular flexibility index (Phi) is 5.41. The fourth-order valence-corrected chi connectivity index (χ4v) is 4.14. The van der Waals surface area contributed by atoms with Gasteiger partial charge in [-0.05, 0) is 49.4 Å². The van der Waals surface area contributed by atoms with Crippen LogP contribution in [0.4, 0.5) is 0 Å². The van der Waals surface area contributed by atoms with Crippen molar-refractivity contribution in [2.75, 3.05) is 13.6 Å². The number of rotatable bonds is 5. The van der Waals surface area contributed by atoms with Gasteiger partial charge in [-0.1, -0.05) is 25.5 Å². The van der Waals surface area contributed by atoms with E-state index in [0.717, 1.165) is 25.1 Å². The van der Waals surface area contributed by atoms with Crippen LogP contribution in [0.5, 0.6) is 0 Å². The van der Waals surface area contributed by atoms with Gasteiger partial charge in [0.1, 0.15) is 6.10 Å². The lowest BCUT2D eigenvalue weighted by Crippen LogP contribution is -2.28. The van der Waals surface area contributed by atoms with Crippen molar-refractivity contribution >= 4 is 16.9 Å². The summed E-state index contributed by atoms with van der Waals surface area (Å²) in [7, 11) is 2.17. The van der Waals surface area contributed by atoms with E-state index in [1.807, 2.05) is 26.0 Å². The van der Waals surface area contributed by atoms with Crippen LogP contribution < -0.4 is 0 Å². The minimum Gasteiger partial charge on any atom is -0.455 e. The number of benzene rings is 1. The summed E-state index contributed by atoms with van der Waals surface area (Å²) in [6, 6.07) is 10.5. The number of aryl methyl sites for hydroxylation is 1. The van der Waals surface area contributed by atoms with Gasteiger partial charge in [0.15, 0.2) is 0 Å². The van der Waals surface area contributed by atoms with E-state index in [0.29, 0.717) is 6.54 Å². The molecule has 29 heavy (non-hydrogen) atoms. The molecule has 0 N–H and O–H groups in total. The second kappa shape index (κ2) is 7.99. The molecule has 1 aromatic carbocycles. The van der Waals surface area contributed by atoms with Crippen LogP contribution in [0.3, 0.4) is 0 Å². The van der Waals surface area contributed by atoms with Crippen LogP contribution in [0.15, 0.2) is 42.7 Å². The molecule has 0 amide bonds. The highest BCUT2D eigenvalue weighted by Gasteiger charge is 2.26. The first-order valence-electron chi connectivity index (χ1n) is 10.3. The van der Waals surface area contributed by atoms with Crippen LogP contribution in [0, 0.1) is 12.8 Å². The van der Waals surface area contributed by atoms with Gasteiger partial charge in [0.25, 0.3) is 0 Å². The number of carbonyl (C=O) groups excluding carboxylic acids is 1. The molecule has 1 aliphatic rings. The number of hydrogen-bond donors (Lipinski definition) is 0. The summed E-state index contributed by atoms with van der Waals surface area (Å²) >= 11 is 0. The Morgan fingerprint density at radius 2 is 1.97 bits per heavy atom. The van der Waals surface area contributed by atoms with Crippen LogP contribution in [0.2, 0.25) is 0 Å². The number of carbonyl (C=O) groups is 1. The topological polar surface area (TPSA) is 47.4 Å². The van der Waals surface area contributed by atoms with Crippen molar-refractivity contribution in [3.05, 3.63) is 65.1 Å². The first-order valence-corrected chi connectivity index (χ1v) is 10.3. The molecule has 5 heteroatoms. The Hall–Kier alpha value is -2.66. The Labute approximate surface area is 172 Å². The highest BCUT2D eigenvalue weighted by molar-refractivity contribution is 5.86. The largest absolute Gasteiger partial charge is 0.455 e. The van der Waals surface area contributed by atoms with Gasteiger partial charge in [-0.2, -0.15) is 0 Å². The van der Waals surface area contributed by atoms with E-state index in [4.69, 9.17) is 4.74 Å². The van der Waals surface area contributed by atoms with Gasteiger partial charge in [-0.15, -0.1) is 0 Å². The van der Waals surface area contributed by atoms with Crippen molar-refractivity contribution in [3.8, 4) is 0 Å². The Morgan fingerprint density at radius 1 is 1.21 bits per heavy atom. The fourth-order valence-electron chi connectivity index (χ4n) is 4.14. The summed E-state index contributed by atoms with van der Waals surface area (Å²) in [5.41, 5.74) is 6.23. The smallest absolute Gasteiger partial charge is 0.309 e. The minimum absolute atomic E-state index is 0.161. The lowest BCUT2D eigenvalue weighted by molar-refractivity contribution is -0.154. The maximum Gasteiger partial charge on any atom is 0.309 e. The lowest BCUT2D eigenvalue weighted by Gasteiger charge is -2.26. The quantitative estimate of drug-likeness (QED) is 0.609. The van der Waals surface area contributed by atoms with E-state index in [1.54, 1.807) is 12.4 Å². The minimum atomic E-state index is -0.339. The van der Waals surface area contributed by atoms with E-state index in [2.05, 4.69) is 46.6 Å². The number of nitrogens with zero attached hydrogens (tertiary/aromatic N) is 3. The summed E-state index contributed by atoms with van der Waals surface area (Å²) in [6.45, 7) is 8.48. The van der Waals surface area contributed by atoms with Crippen LogP contribution in [0.1, 0.15) is 42.3 Å². The van der Waals surface area contributed by atoms with Crippen LogP contribution >= 0.6 is 0 Å². The third kappa shape index (κ3) is 3.92. The zero-order valence-electron chi connectivity index (χ0n) is 17.7. The van der Waals surface area contributed by atoms with Gasteiger partial charge in [0, 0.05) is 48.5 Å². The van der Waals surface area contributed by atoms with E-state index >= 15 is 0 Å². The molecule has 1 unspecified atom stereocenters. The second-order valence-electron chi connectivity index (χ2n) is 8.41. The molecule has 3 heterocycles. The van der Waals surface area contributed by atoms with Crippen LogP contribution in [0.25, 0.3) is 10.9 Å². The number of aromatic nitrogens is 2. The van der Waals surface area contributed by atoms with Gasteiger partial charge >= 0.3 is 5.97 Å². The molecule has 2 aromatic heterocycles. The zero-order valence-corrected chi connectivity index (χ0v) is 17.7. The zero-order chi connectivity index (χ0) is 20.5. The lowest BCUT2D eigenvalue weighted by atomic mass is 10.0. The van der Waals surface area contributed by atoms with Gasteiger partial charge in [0.05, 0.1) is 12.5 Å². The third-order valence-electron chi connectivity index (χ3n) is 5.76. The summed E-state index contributed by atoms with van der Waals surface area (Å²) in [5, 5.41) is 1.32. The molecule has 0 saturated heterocycles. The predicted octanol–water partition coefficient (Wildman–Crippen LogP) is 4.27. The van der Waals surface area contributed by atoms with Crippen molar-refractivity contribution < 1.29 is 9.53 Å². The Morgan fingerprint density at radius 3 is 2.69 bits per heavy atom. The molecular weight excluding hydrogens is 362 g/mol. The van der Waals surface area contributed by atoms with Gasteiger partial charge in [0.2, 0.25) is 0 Å². The van der Waals surface area contributed by atoms with Gasteiger partial charge in [-0.25, -0.2) is 0 Å². The summed E-state index contributed by atoms with van der Waals surface area (Å²) in [4.78, 5) is 18.9. The standard InChI is InChI=1S/C24H29N3O2/c1-16(2)24(28)29-23(18-7-10-25-11-8-18)15-27-21-6-5-17(3)13-19(21)20-14-26(4)12-9-22(20)27/h5-8,10-11,13,16,23H,9,12,14-15H2,1-4H3. The molecule has 0 aliphatic carbocycles. The van der Waals surface area contributed by atoms with E-state index in [1.165, 1.54) is 27.7 Å². The second-order valence-corrected chi connectivity index (χ2v) is 8.41. The third-order valence-corrected chi connectivity index (χ3v) is 5.76. The molecule has 4 rings (SSSR count). The molecule has 152 valence electrons. The number of esters is 1. The van der Waals surface area contributed by atoms with Crippen molar-refractivity contribution in [3.63, 3.8) is 0 Å². The first kappa shape index (κ1) is 19.6. The molecule has 5 nitrogen and oxygen atoms in total. The molecule has 0 bridgehead atoms. The van der Waals surface area contributed by atoms with Crippen molar-refractivity contribution in [2.45, 2.75) is 46.4 Å². The molecule has 0 spiro atoms. The maximum absolute atomic E-state index is 12.4. The fraction of sp³-hybridized carbons (Fsp3) is 0.417. The number of ether oxygens (including phenoxy) is 1. The molecule has 1 aliphatic heterocycles. The number of hydrogen-bond acceptors (Lipinski definition) is 4. The van der Waals surface area contributed by atoms with Crippen molar-refractivity contribution in [2.24, 2.45) is 5.92 Å². The molecule has 0 fully saturated rings. The van der Waals surface area contributed by atoms with Crippen molar-refractivity contribution in [1.82, 2.24) is 14.5 Å². The predicted molar refractivity (Wildman–Crippen MR) is 115 cm³/mol. The highest BCUT2D eigenvalue weighted by Crippen LogP contribution is 2.33. The highest BCUT2D eigenvalue weighted by atomic mass is 16.5. The van der Waals surface area contributed by atoms with Crippen LogP contribution in [-0.4, -0.2) is 34.0 Å². The van der Waals surface area contributed by atoms with Crippen molar-refractivity contribution in [1.29, 1.82) is 0 Å². The van der Waals surface area contributed by atoms with Gasteiger partial charge in [-0.3, -0.25) is 9.78 Å². The Balaban J connectivity index is 1.79. The number of fused-ring (bicyclic) bond motifs is 3. The number of likely N-dealkylation sites (N-methyl/N-ethyl adjacent to an activating group) is 1. The molecule has 1 atom stereocenters. The first-order chi connectivity index (χ1) is 13.9. The average molecular weight is 392 g/mol. The monoisotopic (exact) mass is 391 g/mol. The summed E-state index contributed by atoms with van der Waals surface area (Å²) < 4.78 is 8.33. The average Bonchev–Trinajstić information content (AvgIpc) is 3.00. The van der Waals surface area contributed by atoms with Crippen LogP contribution in [-0.2, 0) is 29.0 Å². The molecule has 3 aromatic rings. The SMILES string of the molecule is Cc1ccc2c(c1)c1c(n2CC(OC(=O)C(C)C)c2ccncc2)CCN(C)C1. The van der Waals surface area contributed by atoms with E-state index < -0.39 is 0 Å². The van der Waals surface area contributed by atoms with E-state index in [-0.39, 0.29) is 18.0 Å². The summed E-state index contributed by atoms with van der Waals surface area (Å²) in [6.07, 6.45) is 4.18. The summed E-state index contributed by atoms with van der Waals surface area (Å²) in [5.74, 6) is -0.335. The molecular formula is C24H29N3O2. The molecule has 0 radical (unpaired) electrons. The van der Waals surface area contributed by atoms with E-state index in [9.17, 15) is 4.79 Å².